The number of unbranched alkanes of at least 4 members (excludes halogenated alkanes) is 16. The lowest BCUT2D eigenvalue weighted by Crippen LogP contribution is -2.12. The van der Waals surface area contributed by atoms with E-state index in [0.717, 1.165) is 31.4 Å². The second kappa shape index (κ2) is 23.7. The number of hydrogen-bond donors (Lipinski definition) is 2. The first-order chi connectivity index (χ1) is 15.1. The Hall–Kier alpha value is -0.990. The highest BCUT2D eigenvalue weighted by molar-refractivity contribution is 5.66. The number of carbonyl (C=O) groups is 1. The molecule has 0 radical (unpaired) electrons. The van der Waals surface area contributed by atoms with E-state index in [4.69, 9.17) is 10.8 Å². The molecule has 0 heterocycles. The van der Waals surface area contributed by atoms with Crippen LogP contribution >= 0.6 is 0 Å². The molecule has 0 aliphatic heterocycles. The topological polar surface area (TPSA) is 63.3 Å². The standard InChI is InChI=1S/C28H55NO2/c1-3-5-7-9-11-14-18-22-26(23-19-15-13-17-21-25-28(30)31)27(29)24-20-16-12-10-8-6-4-2/h24,26H,3-23,25,29H2,1-2H3,(H,30,31). The quantitative estimate of drug-likeness (QED) is 0.148. The Kier molecular flexibility index (Phi) is 22.9. The summed E-state index contributed by atoms with van der Waals surface area (Å²) in [7, 11) is 0. The highest BCUT2D eigenvalue weighted by Gasteiger charge is 2.11. The number of hydrogen-bond acceptors (Lipinski definition) is 2. The van der Waals surface area contributed by atoms with Crippen LogP contribution in [0.3, 0.4) is 0 Å². The predicted molar refractivity (Wildman–Crippen MR) is 136 cm³/mol. The van der Waals surface area contributed by atoms with Gasteiger partial charge in [-0.25, -0.2) is 0 Å². The first kappa shape index (κ1) is 30.0. The van der Waals surface area contributed by atoms with Gasteiger partial charge in [-0.15, -0.1) is 0 Å². The average Bonchev–Trinajstić information content (AvgIpc) is 2.75. The number of rotatable bonds is 24. The zero-order valence-corrected chi connectivity index (χ0v) is 21.1. The van der Waals surface area contributed by atoms with Crippen LogP contribution in [0.5, 0.6) is 0 Å². The van der Waals surface area contributed by atoms with Gasteiger partial charge >= 0.3 is 5.97 Å². The molecule has 0 aromatic rings. The molecule has 0 aliphatic carbocycles. The third-order valence-electron chi connectivity index (χ3n) is 6.51. The van der Waals surface area contributed by atoms with Crippen LogP contribution in [0.15, 0.2) is 11.8 Å². The number of carboxylic acid groups (broad SMARTS) is 1. The number of aliphatic carboxylic acids is 1. The van der Waals surface area contributed by atoms with Crippen LogP contribution in [0.4, 0.5) is 0 Å². The number of carboxylic acids is 1. The Labute approximate surface area is 194 Å². The molecule has 1 unspecified atom stereocenters. The van der Waals surface area contributed by atoms with Crippen LogP contribution < -0.4 is 5.73 Å². The third kappa shape index (κ3) is 22.0. The summed E-state index contributed by atoms with van der Waals surface area (Å²) in [5, 5.41) is 8.74. The van der Waals surface area contributed by atoms with Gasteiger partial charge in [0.05, 0.1) is 0 Å². The molecular weight excluding hydrogens is 382 g/mol. The Bertz CT molecular complexity index is 419. The minimum absolute atomic E-state index is 0.314. The van der Waals surface area contributed by atoms with E-state index in [1.165, 1.54) is 109 Å². The van der Waals surface area contributed by atoms with E-state index >= 15 is 0 Å². The van der Waals surface area contributed by atoms with Crippen molar-refractivity contribution in [1.82, 2.24) is 0 Å². The van der Waals surface area contributed by atoms with Crippen molar-refractivity contribution in [2.24, 2.45) is 11.7 Å². The Morgan fingerprint density at radius 3 is 1.58 bits per heavy atom. The van der Waals surface area contributed by atoms with Crippen molar-refractivity contribution in [2.45, 2.75) is 155 Å². The molecule has 0 amide bonds. The molecule has 3 N–H and O–H groups in total. The molecule has 0 saturated heterocycles. The van der Waals surface area contributed by atoms with Gasteiger partial charge in [0.25, 0.3) is 0 Å². The van der Waals surface area contributed by atoms with Crippen molar-refractivity contribution in [3.8, 4) is 0 Å². The van der Waals surface area contributed by atoms with Gasteiger partial charge in [-0.2, -0.15) is 0 Å². The maximum atomic E-state index is 10.6. The van der Waals surface area contributed by atoms with Crippen molar-refractivity contribution in [1.29, 1.82) is 0 Å². The van der Waals surface area contributed by atoms with Crippen LogP contribution in [0.25, 0.3) is 0 Å². The lowest BCUT2D eigenvalue weighted by Gasteiger charge is -2.18. The molecule has 0 saturated carbocycles. The second-order valence-corrected chi connectivity index (χ2v) is 9.57. The molecule has 0 aromatic heterocycles. The number of nitrogens with two attached hydrogens (primary N) is 1. The molecule has 0 aromatic carbocycles. The van der Waals surface area contributed by atoms with Gasteiger partial charge in [0.2, 0.25) is 0 Å². The summed E-state index contributed by atoms with van der Waals surface area (Å²) in [4.78, 5) is 10.6. The summed E-state index contributed by atoms with van der Waals surface area (Å²) in [6, 6.07) is 0. The summed E-state index contributed by atoms with van der Waals surface area (Å²) >= 11 is 0. The van der Waals surface area contributed by atoms with E-state index in [9.17, 15) is 4.79 Å². The predicted octanol–water partition coefficient (Wildman–Crippen LogP) is 9.15. The van der Waals surface area contributed by atoms with E-state index in [-0.39, 0.29) is 0 Å². The van der Waals surface area contributed by atoms with E-state index < -0.39 is 5.97 Å². The summed E-state index contributed by atoms with van der Waals surface area (Å²) < 4.78 is 0. The van der Waals surface area contributed by atoms with Crippen molar-refractivity contribution in [3.63, 3.8) is 0 Å². The van der Waals surface area contributed by atoms with Gasteiger partial charge < -0.3 is 10.8 Å². The Morgan fingerprint density at radius 2 is 1.10 bits per heavy atom. The third-order valence-corrected chi connectivity index (χ3v) is 6.51. The summed E-state index contributed by atoms with van der Waals surface area (Å²) in [6.45, 7) is 4.54. The van der Waals surface area contributed by atoms with Crippen LogP contribution in [-0.4, -0.2) is 11.1 Å². The van der Waals surface area contributed by atoms with E-state index in [1.54, 1.807) is 0 Å². The summed E-state index contributed by atoms with van der Waals surface area (Å²) in [5.74, 6) is -0.118. The van der Waals surface area contributed by atoms with Crippen LogP contribution in [0, 0.1) is 5.92 Å². The minimum atomic E-state index is -0.668. The zero-order chi connectivity index (χ0) is 23.0. The fourth-order valence-corrected chi connectivity index (χ4v) is 4.38. The number of allylic oxidation sites excluding steroid dienone is 2. The van der Waals surface area contributed by atoms with E-state index in [1.807, 2.05) is 0 Å². The van der Waals surface area contributed by atoms with Crippen molar-refractivity contribution in [2.75, 3.05) is 0 Å². The average molecular weight is 438 g/mol. The maximum Gasteiger partial charge on any atom is 0.303 e. The van der Waals surface area contributed by atoms with E-state index in [2.05, 4.69) is 19.9 Å². The van der Waals surface area contributed by atoms with Crippen LogP contribution in [0.1, 0.15) is 155 Å². The smallest absolute Gasteiger partial charge is 0.303 e. The molecule has 31 heavy (non-hydrogen) atoms. The largest absolute Gasteiger partial charge is 0.481 e. The molecule has 3 nitrogen and oxygen atoms in total. The van der Waals surface area contributed by atoms with Crippen molar-refractivity contribution >= 4 is 5.97 Å². The lowest BCUT2D eigenvalue weighted by atomic mass is 9.91. The monoisotopic (exact) mass is 437 g/mol. The van der Waals surface area contributed by atoms with E-state index in [0.29, 0.717) is 12.3 Å². The van der Waals surface area contributed by atoms with Crippen LogP contribution in [-0.2, 0) is 4.79 Å². The lowest BCUT2D eigenvalue weighted by molar-refractivity contribution is -0.137. The first-order valence-corrected chi connectivity index (χ1v) is 13.8. The van der Waals surface area contributed by atoms with Gasteiger partial charge in [-0.3, -0.25) is 4.79 Å². The molecule has 1 atom stereocenters. The highest BCUT2D eigenvalue weighted by Crippen LogP contribution is 2.24. The van der Waals surface area contributed by atoms with Crippen molar-refractivity contribution < 1.29 is 9.90 Å². The Morgan fingerprint density at radius 1 is 0.677 bits per heavy atom. The Balaban J connectivity index is 4.18. The highest BCUT2D eigenvalue weighted by atomic mass is 16.4. The summed E-state index contributed by atoms with van der Waals surface area (Å²) in [5.41, 5.74) is 7.70. The molecule has 3 heteroatoms. The molecule has 0 bridgehead atoms. The van der Waals surface area contributed by atoms with Crippen LogP contribution in [0.2, 0.25) is 0 Å². The summed E-state index contributed by atoms with van der Waals surface area (Å²) in [6.07, 6.45) is 29.2. The molecule has 0 fully saturated rings. The molecule has 184 valence electrons. The minimum Gasteiger partial charge on any atom is -0.481 e. The normalized spacial score (nSPS) is 12.9. The first-order valence-electron chi connectivity index (χ1n) is 13.8. The second-order valence-electron chi connectivity index (χ2n) is 9.57. The van der Waals surface area contributed by atoms with Crippen molar-refractivity contribution in [3.05, 3.63) is 11.8 Å². The fourth-order valence-electron chi connectivity index (χ4n) is 4.38. The van der Waals surface area contributed by atoms with Gasteiger partial charge in [-0.05, 0) is 38.0 Å². The van der Waals surface area contributed by atoms with Gasteiger partial charge in [0, 0.05) is 12.1 Å². The maximum absolute atomic E-state index is 10.6. The van der Waals surface area contributed by atoms with Gasteiger partial charge in [0.1, 0.15) is 0 Å². The fraction of sp³-hybridized carbons (Fsp3) is 0.893. The van der Waals surface area contributed by atoms with Gasteiger partial charge in [-0.1, -0.05) is 123 Å². The molecule has 0 rings (SSSR count). The van der Waals surface area contributed by atoms with Gasteiger partial charge in [0.15, 0.2) is 0 Å². The zero-order valence-electron chi connectivity index (χ0n) is 21.1. The molecule has 0 spiro atoms. The molecular formula is C28H55NO2. The SMILES string of the molecule is CCCCCCCCC=C(N)C(CCCCCCCCC)CCCCCCCC(=O)O. The molecule has 0 aliphatic rings.